The molecule has 0 saturated heterocycles. The van der Waals surface area contributed by atoms with Gasteiger partial charge in [0.15, 0.2) is 11.5 Å². The molecule has 0 bridgehead atoms. The number of tetrazole rings is 1. The first-order valence-electron chi connectivity index (χ1n) is 11.0. The number of hydrogen-bond acceptors (Lipinski definition) is 6. The average molecular weight is 449 g/mol. The number of hydrogen-bond donors (Lipinski definition) is 1. The number of para-hydroxylation sites is 1. The zero-order valence-corrected chi connectivity index (χ0v) is 18.0. The van der Waals surface area contributed by atoms with Gasteiger partial charge in [-0.15, -0.1) is 5.10 Å². The maximum atomic E-state index is 13.3. The van der Waals surface area contributed by atoms with Gasteiger partial charge in [0.1, 0.15) is 0 Å². The molecule has 0 radical (unpaired) electrons. The van der Waals surface area contributed by atoms with Crippen molar-refractivity contribution in [3.05, 3.63) is 94.9 Å². The fourth-order valence-corrected chi connectivity index (χ4v) is 3.94. The third-order valence-corrected chi connectivity index (χ3v) is 5.81. The normalized spacial score (nSPS) is 13.2. The van der Waals surface area contributed by atoms with E-state index in [1.54, 1.807) is 48.5 Å². The molecule has 2 aromatic heterocycles. The Morgan fingerprint density at radius 3 is 2.32 bits per heavy atom. The zero-order chi connectivity index (χ0) is 23.1. The van der Waals surface area contributed by atoms with E-state index < -0.39 is 5.91 Å². The van der Waals surface area contributed by atoms with Gasteiger partial charge in [0, 0.05) is 16.6 Å². The average Bonchev–Trinajstić information content (AvgIpc) is 3.61. The van der Waals surface area contributed by atoms with Gasteiger partial charge in [0.25, 0.3) is 11.5 Å². The molecule has 1 fully saturated rings. The molecule has 1 N–H and O–H groups in total. The molecule has 1 aliphatic carbocycles. The van der Waals surface area contributed by atoms with Crippen LogP contribution in [0.2, 0.25) is 0 Å². The summed E-state index contributed by atoms with van der Waals surface area (Å²) in [4.78, 5) is 26.3. The molecule has 0 atom stereocenters. The second-order valence-corrected chi connectivity index (χ2v) is 8.16. The smallest absolute Gasteiger partial charge is 0.279 e. The van der Waals surface area contributed by atoms with E-state index in [1.807, 2.05) is 35.0 Å². The molecular formula is C25H19N7O2. The predicted molar refractivity (Wildman–Crippen MR) is 127 cm³/mol. The number of amides is 1. The van der Waals surface area contributed by atoms with E-state index in [4.69, 9.17) is 0 Å². The number of nitrogens with one attached hydrogen (secondary N) is 1. The van der Waals surface area contributed by atoms with Gasteiger partial charge in [0.05, 0.1) is 17.1 Å². The van der Waals surface area contributed by atoms with Gasteiger partial charge in [-0.2, -0.15) is 9.78 Å². The monoisotopic (exact) mass is 449 g/mol. The minimum absolute atomic E-state index is 0.167. The Bertz CT molecular complexity index is 1570. The van der Waals surface area contributed by atoms with E-state index in [1.165, 1.54) is 4.68 Å². The summed E-state index contributed by atoms with van der Waals surface area (Å²) in [5, 5.41) is 20.3. The maximum absolute atomic E-state index is 13.3. The van der Waals surface area contributed by atoms with Crippen LogP contribution in [-0.4, -0.2) is 35.9 Å². The standard InChI is InChI=1S/C25H19N7O2/c33-24(26-17-12-10-16(11-13-17)23-27-29-30-31(23)19-14-15-19)22-20-8-4-5-9-21(20)25(34)32(28-22)18-6-2-1-3-7-18/h1-13,19H,14-15H2,(H,26,33). The minimum atomic E-state index is -0.406. The number of carbonyl (C=O) groups is 1. The summed E-state index contributed by atoms with van der Waals surface area (Å²) in [5.41, 5.74) is 1.94. The van der Waals surface area contributed by atoms with Crippen LogP contribution in [0.5, 0.6) is 0 Å². The molecule has 0 aliphatic heterocycles. The summed E-state index contributed by atoms with van der Waals surface area (Å²) in [6.45, 7) is 0. The molecule has 1 aliphatic rings. The SMILES string of the molecule is O=C(Nc1ccc(-c2nnnn2C2CC2)cc1)c1nn(-c2ccccc2)c(=O)c2ccccc12. The van der Waals surface area contributed by atoms with Gasteiger partial charge in [-0.1, -0.05) is 36.4 Å². The number of rotatable bonds is 5. The van der Waals surface area contributed by atoms with Gasteiger partial charge < -0.3 is 5.32 Å². The highest BCUT2D eigenvalue weighted by Crippen LogP contribution is 2.36. The van der Waals surface area contributed by atoms with Crippen molar-refractivity contribution in [2.45, 2.75) is 18.9 Å². The number of fused-ring (bicyclic) bond motifs is 1. The third-order valence-electron chi connectivity index (χ3n) is 5.81. The summed E-state index contributed by atoms with van der Waals surface area (Å²) in [7, 11) is 0. The fourth-order valence-electron chi connectivity index (χ4n) is 3.94. The van der Waals surface area contributed by atoms with Gasteiger partial charge >= 0.3 is 0 Å². The van der Waals surface area contributed by atoms with E-state index in [2.05, 4.69) is 25.9 Å². The van der Waals surface area contributed by atoms with Crippen molar-refractivity contribution in [3.8, 4) is 17.1 Å². The quantitative estimate of drug-likeness (QED) is 0.439. The summed E-state index contributed by atoms with van der Waals surface area (Å²) >= 11 is 0. The number of aromatic nitrogens is 6. The molecule has 6 rings (SSSR count). The first kappa shape index (κ1) is 20.0. The van der Waals surface area contributed by atoms with Crippen molar-refractivity contribution < 1.29 is 4.79 Å². The lowest BCUT2D eigenvalue weighted by Gasteiger charge is -2.11. The number of benzene rings is 3. The van der Waals surface area contributed by atoms with Crippen LogP contribution in [0.1, 0.15) is 29.4 Å². The first-order valence-corrected chi connectivity index (χ1v) is 11.0. The van der Waals surface area contributed by atoms with Crippen LogP contribution in [-0.2, 0) is 0 Å². The van der Waals surface area contributed by atoms with Crippen LogP contribution < -0.4 is 10.9 Å². The summed E-state index contributed by atoms with van der Waals surface area (Å²) in [6, 6.07) is 23.7. The van der Waals surface area contributed by atoms with Crippen LogP contribution in [0.4, 0.5) is 5.69 Å². The molecule has 0 unspecified atom stereocenters. The van der Waals surface area contributed by atoms with Gasteiger partial charge in [-0.3, -0.25) is 9.59 Å². The van der Waals surface area contributed by atoms with Crippen molar-refractivity contribution in [1.82, 2.24) is 30.0 Å². The Kier molecular flexibility index (Phi) is 4.72. The Labute approximate surface area is 193 Å². The van der Waals surface area contributed by atoms with Crippen molar-refractivity contribution in [2.75, 3.05) is 5.32 Å². The Balaban J connectivity index is 1.34. The molecule has 3 aromatic carbocycles. The van der Waals surface area contributed by atoms with Crippen molar-refractivity contribution in [3.63, 3.8) is 0 Å². The topological polar surface area (TPSA) is 108 Å². The molecule has 1 amide bonds. The molecule has 1 saturated carbocycles. The van der Waals surface area contributed by atoms with E-state index in [9.17, 15) is 9.59 Å². The Morgan fingerprint density at radius 1 is 0.882 bits per heavy atom. The Morgan fingerprint density at radius 2 is 1.59 bits per heavy atom. The second-order valence-electron chi connectivity index (χ2n) is 8.16. The number of anilines is 1. The third kappa shape index (κ3) is 3.53. The first-order chi connectivity index (χ1) is 16.7. The summed E-state index contributed by atoms with van der Waals surface area (Å²) in [5.74, 6) is 0.305. The molecule has 9 nitrogen and oxygen atoms in total. The van der Waals surface area contributed by atoms with Crippen LogP contribution in [0.3, 0.4) is 0 Å². The van der Waals surface area contributed by atoms with E-state index in [-0.39, 0.29) is 11.3 Å². The van der Waals surface area contributed by atoms with Gasteiger partial charge in [0.2, 0.25) is 0 Å². The van der Waals surface area contributed by atoms with Crippen molar-refractivity contribution in [2.24, 2.45) is 0 Å². The van der Waals surface area contributed by atoms with E-state index in [0.717, 1.165) is 18.4 Å². The van der Waals surface area contributed by atoms with E-state index >= 15 is 0 Å². The second kappa shape index (κ2) is 8.04. The number of carbonyl (C=O) groups excluding carboxylic acids is 1. The van der Waals surface area contributed by atoms with Crippen LogP contribution >= 0.6 is 0 Å². The highest BCUT2D eigenvalue weighted by molar-refractivity contribution is 6.11. The van der Waals surface area contributed by atoms with E-state index in [0.29, 0.717) is 34.0 Å². The van der Waals surface area contributed by atoms with Crippen molar-refractivity contribution in [1.29, 1.82) is 0 Å². The molecule has 5 aromatic rings. The van der Waals surface area contributed by atoms with Crippen LogP contribution in [0.15, 0.2) is 83.7 Å². The van der Waals surface area contributed by atoms with Gasteiger partial charge in [-0.05, 0) is 65.7 Å². The zero-order valence-electron chi connectivity index (χ0n) is 18.0. The van der Waals surface area contributed by atoms with Gasteiger partial charge in [-0.25, -0.2) is 4.68 Å². The summed E-state index contributed by atoms with van der Waals surface area (Å²) in [6.07, 6.45) is 2.16. The van der Waals surface area contributed by atoms with Crippen molar-refractivity contribution >= 4 is 22.4 Å². The molecular weight excluding hydrogens is 430 g/mol. The lowest BCUT2D eigenvalue weighted by Crippen LogP contribution is -2.26. The van der Waals surface area contributed by atoms with Crippen LogP contribution in [0, 0.1) is 0 Å². The highest BCUT2D eigenvalue weighted by Gasteiger charge is 2.28. The molecule has 9 heteroatoms. The molecule has 34 heavy (non-hydrogen) atoms. The molecule has 2 heterocycles. The molecule has 0 spiro atoms. The van der Waals surface area contributed by atoms with Crippen LogP contribution in [0.25, 0.3) is 27.8 Å². The minimum Gasteiger partial charge on any atom is -0.321 e. The lowest BCUT2D eigenvalue weighted by molar-refractivity contribution is 0.102. The fraction of sp³-hybridized carbons (Fsp3) is 0.120. The summed E-state index contributed by atoms with van der Waals surface area (Å²) < 4.78 is 3.11. The predicted octanol–water partition coefficient (Wildman–Crippen LogP) is 3.63. The lowest BCUT2D eigenvalue weighted by atomic mass is 10.1. The number of nitrogens with zero attached hydrogens (tertiary/aromatic N) is 6. The maximum Gasteiger partial charge on any atom is 0.279 e. The largest absolute Gasteiger partial charge is 0.321 e. The highest BCUT2D eigenvalue weighted by atomic mass is 16.2. The Hall–Kier alpha value is -4.66. The molecule has 166 valence electrons.